The Hall–Kier alpha value is -2.34. The second kappa shape index (κ2) is 9.73. The van der Waals surface area contributed by atoms with E-state index in [2.05, 4.69) is 43.5 Å². The fourth-order valence-corrected chi connectivity index (χ4v) is 3.33. The van der Waals surface area contributed by atoms with Gasteiger partial charge in [-0.3, -0.25) is 4.90 Å². The second-order valence-electron chi connectivity index (χ2n) is 7.27. The monoisotopic (exact) mass is 383 g/mol. The zero-order valence-corrected chi connectivity index (χ0v) is 16.7. The van der Waals surface area contributed by atoms with Crippen LogP contribution in [0, 0.1) is 13.8 Å². The molecule has 5 nitrogen and oxygen atoms in total. The van der Waals surface area contributed by atoms with E-state index < -0.39 is 6.10 Å². The topological polar surface area (TPSA) is 51.2 Å². The first-order chi connectivity index (χ1) is 13.5. The number of fused-ring (bicyclic) bond motifs is 1. The van der Waals surface area contributed by atoms with E-state index >= 15 is 0 Å². The summed E-state index contributed by atoms with van der Waals surface area (Å²) >= 11 is 0. The van der Waals surface area contributed by atoms with Gasteiger partial charge in [-0.25, -0.2) is 0 Å². The Bertz CT molecular complexity index is 805. The van der Waals surface area contributed by atoms with Gasteiger partial charge in [0.05, 0.1) is 19.3 Å². The molecule has 1 aliphatic rings. The molecule has 0 fully saturated rings. The van der Waals surface area contributed by atoms with Crippen molar-refractivity contribution in [1.29, 1.82) is 0 Å². The van der Waals surface area contributed by atoms with Gasteiger partial charge in [0.15, 0.2) is 11.5 Å². The number of benzene rings is 2. The molecule has 0 amide bonds. The minimum Gasteiger partial charge on any atom is -0.454 e. The third-order valence-electron chi connectivity index (χ3n) is 4.76. The lowest BCUT2D eigenvalue weighted by Gasteiger charge is -2.26. The first kappa shape index (κ1) is 20.4. The number of aryl methyl sites for hydroxylation is 2. The highest BCUT2D eigenvalue weighted by Crippen LogP contribution is 2.33. The highest BCUT2D eigenvalue weighted by Gasteiger charge is 2.17. The molecule has 5 heteroatoms. The molecule has 2 aromatic rings. The van der Waals surface area contributed by atoms with Crippen molar-refractivity contribution in [2.75, 3.05) is 26.6 Å². The van der Waals surface area contributed by atoms with Crippen LogP contribution in [0.25, 0.3) is 0 Å². The van der Waals surface area contributed by atoms with Crippen molar-refractivity contribution < 1.29 is 19.3 Å². The first-order valence-electron chi connectivity index (χ1n) is 9.59. The summed E-state index contributed by atoms with van der Waals surface area (Å²) < 4.78 is 16.3. The van der Waals surface area contributed by atoms with Gasteiger partial charge in [-0.15, -0.1) is 6.58 Å². The summed E-state index contributed by atoms with van der Waals surface area (Å²) in [5, 5.41) is 10.4. The van der Waals surface area contributed by atoms with Crippen molar-refractivity contribution >= 4 is 0 Å². The maximum absolute atomic E-state index is 10.4. The van der Waals surface area contributed by atoms with Crippen LogP contribution < -0.4 is 9.47 Å². The Morgan fingerprint density at radius 3 is 2.79 bits per heavy atom. The standard InChI is InChI=1S/C23H29NO4/c1-4-9-26-15-21(25)14-24(13-20-10-17(2)5-6-18(20)3)12-19-7-8-22-23(11-19)28-16-27-22/h4-8,10-11,21,25H,1,9,12-16H2,2-3H3/t21-/m1/s1. The fourth-order valence-electron chi connectivity index (χ4n) is 3.33. The van der Waals surface area contributed by atoms with E-state index in [0.717, 1.165) is 23.6 Å². The number of nitrogens with zero attached hydrogens (tertiary/aromatic N) is 1. The predicted octanol–water partition coefficient (Wildman–Crippen LogP) is 3.60. The van der Waals surface area contributed by atoms with Gasteiger partial charge in [0.2, 0.25) is 6.79 Å². The molecular weight excluding hydrogens is 354 g/mol. The predicted molar refractivity (Wildman–Crippen MR) is 110 cm³/mol. The summed E-state index contributed by atoms with van der Waals surface area (Å²) in [7, 11) is 0. The fraction of sp³-hybridized carbons (Fsp3) is 0.391. The molecule has 28 heavy (non-hydrogen) atoms. The number of ether oxygens (including phenoxy) is 3. The third-order valence-corrected chi connectivity index (χ3v) is 4.76. The Balaban J connectivity index is 1.73. The molecule has 3 rings (SSSR count). The van der Waals surface area contributed by atoms with E-state index in [9.17, 15) is 5.11 Å². The molecule has 0 radical (unpaired) electrons. The van der Waals surface area contributed by atoms with Crippen LogP contribution in [-0.2, 0) is 17.8 Å². The zero-order chi connectivity index (χ0) is 19.9. The Labute approximate surface area is 167 Å². The molecule has 0 saturated carbocycles. The van der Waals surface area contributed by atoms with Gasteiger partial charge in [0.25, 0.3) is 0 Å². The average molecular weight is 383 g/mol. The van der Waals surface area contributed by atoms with Crippen molar-refractivity contribution in [2.45, 2.75) is 33.0 Å². The number of aliphatic hydroxyl groups excluding tert-OH is 1. The Morgan fingerprint density at radius 2 is 1.96 bits per heavy atom. The van der Waals surface area contributed by atoms with Crippen LogP contribution in [0.15, 0.2) is 49.1 Å². The Kier molecular flexibility index (Phi) is 7.09. The molecule has 0 bridgehead atoms. The van der Waals surface area contributed by atoms with Crippen LogP contribution in [-0.4, -0.2) is 42.7 Å². The summed E-state index contributed by atoms with van der Waals surface area (Å²) in [6, 6.07) is 12.5. The minimum absolute atomic E-state index is 0.268. The second-order valence-corrected chi connectivity index (χ2v) is 7.27. The SMILES string of the molecule is C=CCOC[C@H](O)CN(Cc1ccc2c(c1)OCO2)Cc1cc(C)ccc1C. The van der Waals surface area contributed by atoms with E-state index in [1.807, 2.05) is 18.2 Å². The largest absolute Gasteiger partial charge is 0.454 e. The quantitative estimate of drug-likeness (QED) is 0.502. The highest BCUT2D eigenvalue weighted by molar-refractivity contribution is 5.44. The minimum atomic E-state index is -0.570. The maximum Gasteiger partial charge on any atom is 0.231 e. The summed E-state index contributed by atoms with van der Waals surface area (Å²) in [4.78, 5) is 2.24. The van der Waals surface area contributed by atoms with Gasteiger partial charge < -0.3 is 19.3 Å². The van der Waals surface area contributed by atoms with Crippen molar-refractivity contribution in [2.24, 2.45) is 0 Å². The van der Waals surface area contributed by atoms with Gasteiger partial charge in [-0.2, -0.15) is 0 Å². The molecular formula is C23H29NO4. The molecule has 0 saturated heterocycles. The van der Waals surface area contributed by atoms with Crippen molar-refractivity contribution in [3.63, 3.8) is 0 Å². The van der Waals surface area contributed by atoms with E-state index in [1.165, 1.54) is 16.7 Å². The highest BCUT2D eigenvalue weighted by atomic mass is 16.7. The molecule has 150 valence electrons. The van der Waals surface area contributed by atoms with Gasteiger partial charge in [0, 0.05) is 19.6 Å². The maximum atomic E-state index is 10.4. The van der Waals surface area contributed by atoms with E-state index in [4.69, 9.17) is 14.2 Å². The van der Waals surface area contributed by atoms with Crippen LogP contribution in [0.2, 0.25) is 0 Å². The molecule has 1 heterocycles. The van der Waals surface area contributed by atoms with Gasteiger partial charge in [0.1, 0.15) is 0 Å². The van der Waals surface area contributed by atoms with Crippen LogP contribution in [0.1, 0.15) is 22.3 Å². The lowest BCUT2D eigenvalue weighted by atomic mass is 10.0. The van der Waals surface area contributed by atoms with E-state index in [0.29, 0.717) is 19.7 Å². The molecule has 1 N–H and O–H groups in total. The van der Waals surface area contributed by atoms with E-state index in [-0.39, 0.29) is 13.4 Å². The lowest BCUT2D eigenvalue weighted by Crippen LogP contribution is -2.34. The van der Waals surface area contributed by atoms with Gasteiger partial charge in [-0.1, -0.05) is 35.9 Å². The zero-order valence-electron chi connectivity index (χ0n) is 16.7. The molecule has 2 aromatic carbocycles. The molecule has 0 spiro atoms. The summed E-state index contributed by atoms with van der Waals surface area (Å²) in [6.45, 7) is 10.8. The van der Waals surface area contributed by atoms with Crippen LogP contribution in [0.3, 0.4) is 0 Å². The molecule has 0 aliphatic carbocycles. The molecule has 1 aliphatic heterocycles. The Morgan fingerprint density at radius 1 is 1.14 bits per heavy atom. The molecule has 1 atom stereocenters. The summed E-state index contributed by atoms with van der Waals surface area (Å²) in [5.41, 5.74) is 4.87. The normalized spacial score (nSPS) is 13.7. The average Bonchev–Trinajstić information content (AvgIpc) is 3.12. The van der Waals surface area contributed by atoms with E-state index in [1.54, 1.807) is 6.08 Å². The van der Waals surface area contributed by atoms with Crippen LogP contribution in [0.4, 0.5) is 0 Å². The third kappa shape index (κ3) is 5.58. The van der Waals surface area contributed by atoms with Crippen molar-refractivity contribution in [3.8, 4) is 11.5 Å². The smallest absolute Gasteiger partial charge is 0.231 e. The lowest BCUT2D eigenvalue weighted by molar-refractivity contribution is 0.0228. The van der Waals surface area contributed by atoms with Crippen LogP contribution in [0.5, 0.6) is 11.5 Å². The van der Waals surface area contributed by atoms with Gasteiger partial charge in [-0.05, 0) is 42.7 Å². The van der Waals surface area contributed by atoms with Crippen molar-refractivity contribution in [1.82, 2.24) is 4.90 Å². The number of hydrogen-bond acceptors (Lipinski definition) is 5. The summed E-state index contributed by atoms with van der Waals surface area (Å²) in [5.74, 6) is 1.56. The molecule has 0 aromatic heterocycles. The van der Waals surface area contributed by atoms with Crippen molar-refractivity contribution in [3.05, 3.63) is 71.3 Å². The number of hydrogen-bond donors (Lipinski definition) is 1. The number of rotatable bonds is 10. The number of aliphatic hydroxyl groups is 1. The summed E-state index contributed by atoms with van der Waals surface area (Å²) in [6.07, 6.45) is 1.12. The molecule has 0 unspecified atom stereocenters. The first-order valence-corrected chi connectivity index (χ1v) is 9.59. The van der Waals surface area contributed by atoms with Crippen LogP contribution >= 0.6 is 0 Å². The van der Waals surface area contributed by atoms with Gasteiger partial charge >= 0.3 is 0 Å².